The van der Waals surface area contributed by atoms with Crippen LogP contribution in [0.25, 0.3) is 0 Å². The number of rotatable bonds is 4. The van der Waals surface area contributed by atoms with E-state index >= 15 is 0 Å². The molecule has 0 bridgehead atoms. The molecule has 7 heteroatoms. The predicted octanol–water partition coefficient (Wildman–Crippen LogP) is 4.10. The molecule has 1 atom stereocenters. The van der Waals surface area contributed by atoms with Gasteiger partial charge >= 0.3 is 0 Å². The van der Waals surface area contributed by atoms with Crippen LogP contribution in [0.3, 0.4) is 0 Å². The van der Waals surface area contributed by atoms with Crippen LogP contribution in [0.5, 0.6) is 0 Å². The van der Waals surface area contributed by atoms with Gasteiger partial charge in [0.2, 0.25) is 5.91 Å². The number of halogens is 2. The summed E-state index contributed by atoms with van der Waals surface area (Å²) in [5, 5.41) is 1.10. The summed E-state index contributed by atoms with van der Waals surface area (Å²) >= 11 is 12.1. The van der Waals surface area contributed by atoms with E-state index in [1.165, 1.54) is 12.5 Å². The zero-order valence-corrected chi connectivity index (χ0v) is 16.0. The number of piperidine rings is 1. The highest BCUT2D eigenvalue weighted by Gasteiger charge is 2.31. The molecule has 1 saturated heterocycles. The molecule has 1 unspecified atom stereocenters. The van der Waals surface area contributed by atoms with Gasteiger partial charge in [0.25, 0.3) is 5.91 Å². The van der Waals surface area contributed by atoms with Crippen LogP contribution < -0.4 is 0 Å². The summed E-state index contributed by atoms with van der Waals surface area (Å²) in [5.74, 6) is -0.295. The van der Waals surface area contributed by atoms with Crippen LogP contribution in [0.1, 0.15) is 28.8 Å². The van der Waals surface area contributed by atoms with Crippen LogP contribution in [-0.2, 0) is 11.3 Å². The van der Waals surface area contributed by atoms with Crippen molar-refractivity contribution < 1.29 is 14.0 Å². The Labute approximate surface area is 162 Å². The number of carbonyl (C=O) groups is 2. The minimum absolute atomic E-state index is 0.0145. The SMILES string of the molecule is CN(Cc1ccc(Cl)cc1Cl)C(=O)C1CCCN(C(=O)c2ccoc2)C1. The van der Waals surface area contributed by atoms with Crippen LogP contribution in [-0.4, -0.2) is 41.8 Å². The molecule has 5 nitrogen and oxygen atoms in total. The number of likely N-dealkylation sites (tertiary alicyclic amines) is 1. The summed E-state index contributed by atoms with van der Waals surface area (Å²) in [6.07, 6.45) is 4.48. The van der Waals surface area contributed by atoms with Gasteiger partial charge in [-0.25, -0.2) is 0 Å². The Morgan fingerprint density at radius 3 is 2.81 bits per heavy atom. The maximum absolute atomic E-state index is 12.8. The third kappa shape index (κ3) is 4.22. The van der Waals surface area contributed by atoms with E-state index < -0.39 is 0 Å². The Bertz CT molecular complexity index is 792. The van der Waals surface area contributed by atoms with Crippen LogP contribution >= 0.6 is 23.2 Å². The fraction of sp³-hybridized carbons (Fsp3) is 0.368. The molecule has 0 spiro atoms. The molecule has 2 amide bonds. The molecule has 2 aromatic rings. The molecular weight excluding hydrogens is 375 g/mol. The molecule has 1 aromatic carbocycles. The van der Waals surface area contributed by atoms with Crippen LogP contribution in [0.15, 0.2) is 41.2 Å². The summed E-state index contributed by atoms with van der Waals surface area (Å²) in [7, 11) is 1.75. The number of benzene rings is 1. The lowest BCUT2D eigenvalue weighted by atomic mass is 9.96. The topological polar surface area (TPSA) is 53.8 Å². The van der Waals surface area contributed by atoms with E-state index in [1.807, 2.05) is 6.07 Å². The van der Waals surface area contributed by atoms with Gasteiger partial charge in [-0.15, -0.1) is 0 Å². The van der Waals surface area contributed by atoms with Crippen LogP contribution in [0.2, 0.25) is 10.0 Å². The summed E-state index contributed by atoms with van der Waals surface area (Å²) in [6, 6.07) is 6.89. The van der Waals surface area contributed by atoms with Gasteiger partial charge < -0.3 is 14.2 Å². The molecule has 138 valence electrons. The maximum Gasteiger partial charge on any atom is 0.257 e. The highest BCUT2D eigenvalue weighted by molar-refractivity contribution is 6.35. The van der Waals surface area contributed by atoms with E-state index in [9.17, 15) is 9.59 Å². The Kier molecular flexibility index (Phi) is 5.89. The molecule has 2 heterocycles. The minimum atomic E-state index is -0.212. The molecule has 1 aromatic heterocycles. The minimum Gasteiger partial charge on any atom is -0.472 e. The molecule has 0 saturated carbocycles. The van der Waals surface area contributed by atoms with E-state index in [0.717, 1.165) is 18.4 Å². The van der Waals surface area contributed by atoms with Crippen molar-refractivity contribution in [2.24, 2.45) is 5.92 Å². The normalized spacial score (nSPS) is 17.2. The lowest BCUT2D eigenvalue weighted by molar-refractivity contribution is -0.136. The van der Waals surface area contributed by atoms with Gasteiger partial charge in [0.1, 0.15) is 6.26 Å². The van der Waals surface area contributed by atoms with Gasteiger partial charge in [-0.2, -0.15) is 0 Å². The summed E-state index contributed by atoms with van der Waals surface area (Å²) in [5.41, 5.74) is 1.36. The summed E-state index contributed by atoms with van der Waals surface area (Å²) in [4.78, 5) is 28.7. The van der Waals surface area contributed by atoms with Gasteiger partial charge in [-0.1, -0.05) is 29.3 Å². The van der Waals surface area contributed by atoms with Gasteiger partial charge in [0.15, 0.2) is 0 Å². The summed E-state index contributed by atoms with van der Waals surface area (Å²) < 4.78 is 4.98. The Morgan fingerprint density at radius 1 is 1.31 bits per heavy atom. The van der Waals surface area contributed by atoms with Crippen molar-refractivity contribution in [2.75, 3.05) is 20.1 Å². The monoisotopic (exact) mass is 394 g/mol. The van der Waals surface area contributed by atoms with Crippen molar-refractivity contribution in [2.45, 2.75) is 19.4 Å². The molecule has 0 N–H and O–H groups in total. The van der Waals surface area contributed by atoms with Crippen molar-refractivity contribution in [1.82, 2.24) is 9.80 Å². The van der Waals surface area contributed by atoms with Gasteiger partial charge in [-0.3, -0.25) is 9.59 Å². The smallest absolute Gasteiger partial charge is 0.257 e. The Morgan fingerprint density at radius 2 is 2.12 bits per heavy atom. The number of hydrogen-bond donors (Lipinski definition) is 0. The van der Waals surface area contributed by atoms with E-state index in [4.69, 9.17) is 27.6 Å². The zero-order valence-electron chi connectivity index (χ0n) is 14.5. The molecule has 26 heavy (non-hydrogen) atoms. The second kappa shape index (κ2) is 8.14. The Balaban J connectivity index is 1.64. The zero-order chi connectivity index (χ0) is 18.7. The maximum atomic E-state index is 12.8. The van der Waals surface area contributed by atoms with Crippen molar-refractivity contribution >= 4 is 35.0 Å². The first-order valence-corrected chi connectivity index (χ1v) is 9.21. The average molecular weight is 395 g/mol. The first kappa shape index (κ1) is 18.8. The van der Waals surface area contributed by atoms with Gasteiger partial charge in [0.05, 0.1) is 17.7 Å². The third-order valence-electron chi connectivity index (χ3n) is 4.62. The quantitative estimate of drug-likeness (QED) is 0.784. The highest BCUT2D eigenvalue weighted by atomic mass is 35.5. The van der Waals surface area contributed by atoms with Crippen molar-refractivity contribution in [3.05, 3.63) is 58.0 Å². The average Bonchev–Trinajstić information content (AvgIpc) is 3.17. The highest BCUT2D eigenvalue weighted by Crippen LogP contribution is 2.24. The number of carbonyl (C=O) groups excluding carboxylic acids is 2. The molecule has 0 radical (unpaired) electrons. The largest absolute Gasteiger partial charge is 0.472 e. The van der Waals surface area contributed by atoms with E-state index in [1.54, 1.807) is 35.0 Å². The predicted molar refractivity (Wildman–Crippen MR) is 100 cm³/mol. The number of nitrogens with zero attached hydrogens (tertiary/aromatic N) is 2. The summed E-state index contributed by atoms with van der Waals surface area (Å²) in [6.45, 7) is 1.48. The second-order valence-corrected chi connectivity index (χ2v) is 7.38. The van der Waals surface area contributed by atoms with Crippen LogP contribution in [0, 0.1) is 5.92 Å². The molecule has 3 rings (SSSR count). The van der Waals surface area contributed by atoms with Crippen molar-refractivity contribution in [3.8, 4) is 0 Å². The molecule has 1 fully saturated rings. The number of furan rings is 1. The molecular formula is C19H20Cl2N2O3. The van der Waals surface area contributed by atoms with Gasteiger partial charge in [0, 0.05) is 36.7 Å². The first-order valence-electron chi connectivity index (χ1n) is 8.46. The lowest BCUT2D eigenvalue weighted by Gasteiger charge is -2.34. The van der Waals surface area contributed by atoms with Gasteiger partial charge in [-0.05, 0) is 36.6 Å². The molecule has 0 aliphatic carbocycles. The van der Waals surface area contributed by atoms with Crippen molar-refractivity contribution in [3.63, 3.8) is 0 Å². The number of hydrogen-bond acceptors (Lipinski definition) is 3. The molecule has 1 aliphatic heterocycles. The van der Waals surface area contributed by atoms with E-state index in [-0.39, 0.29) is 17.7 Å². The lowest BCUT2D eigenvalue weighted by Crippen LogP contribution is -2.45. The first-order chi connectivity index (χ1) is 12.5. The standard InChI is InChI=1S/C19H20Cl2N2O3/c1-22(10-13-4-5-16(20)9-17(13)21)18(24)14-3-2-7-23(11-14)19(25)15-6-8-26-12-15/h4-6,8-9,12,14H,2-3,7,10-11H2,1H3. The number of amides is 2. The van der Waals surface area contributed by atoms with Crippen LogP contribution in [0.4, 0.5) is 0 Å². The Hall–Kier alpha value is -1.98. The third-order valence-corrected chi connectivity index (χ3v) is 5.21. The fourth-order valence-corrected chi connectivity index (χ4v) is 3.70. The second-order valence-electron chi connectivity index (χ2n) is 6.53. The van der Waals surface area contributed by atoms with E-state index in [0.29, 0.717) is 35.2 Å². The molecule has 1 aliphatic rings. The van der Waals surface area contributed by atoms with Crippen molar-refractivity contribution in [1.29, 1.82) is 0 Å². The fourth-order valence-electron chi connectivity index (χ4n) is 3.23. The van der Waals surface area contributed by atoms with E-state index in [2.05, 4.69) is 0 Å².